The Morgan fingerprint density at radius 3 is 2.22 bits per heavy atom. The highest BCUT2D eigenvalue weighted by atomic mass is 79.9. The van der Waals surface area contributed by atoms with Crippen molar-refractivity contribution in [2.24, 2.45) is 0 Å². The summed E-state index contributed by atoms with van der Waals surface area (Å²) in [6.07, 6.45) is 5.43. The normalized spacial score (nSPS) is 14.7. The van der Waals surface area contributed by atoms with E-state index in [1.165, 1.54) is 49.5 Å². The van der Waals surface area contributed by atoms with Crippen LogP contribution in [0.2, 0.25) is 0 Å². The molecule has 2 aromatic rings. The highest BCUT2D eigenvalue weighted by molar-refractivity contribution is 9.10. The minimum atomic E-state index is -1.82. The summed E-state index contributed by atoms with van der Waals surface area (Å²) in [5.74, 6) is -2.70. The van der Waals surface area contributed by atoms with Crippen molar-refractivity contribution in [3.05, 3.63) is 40.9 Å². The second-order valence-electron chi connectivity index (χ2n) is 6.31. The molecule has 0 aliphatic carbocycles. The standard InChI is InChI=1S/C18H22BrNO.C2H2O4/c19-18-16-8-4-3-7-15(16)9-10-17(18)21-14-13-20-11-5-1-2-6-12-20;3-1(4)2(5)6/h3-4,7-10H,1-2,5-6,11-14H2;(H,3,4)(H,5,6). The average Bonchev–Trinajstić information content (AvgIpc) is 2.93. The van der Waals surface area contributed by atoms with Crippen molar-refractivity contribution < 1.29 is 24.5 Å². The Balaban J connectivity index is 0.000000380. The Bertz CT molecular complexity index is 760. The third kappa shape index (κ3) is 6.84. The van der Waals surface area contributed by atoms with E-state index in [-0.39, 0.29) is 0 Å². The maximum absolute atomic E-state index is 9.10. The molecule has 0 spiro atoms. The van der Waals surface area contributed by atoms with E-state index >= 15 is 0 Å². The van der Waals surface area contributed by atoms with Gasteiger partial charge >= 0.3 is 11.9 Å². The molecule has 0 saturated carbocycles. The van der Waals surface area contributed by atoms with Crippen molar-refractivity contribution >= 4 is 38.6 Å². The third-order valence-corrected chi connectivity index (χ3v) is 5.19. The Morgan fingerprint density at radius 1 is 0.963 bits per heavy atom. The van der Waals surface area contributed by atoms with Gasteiger partial charge in [-0.15, -0.1) is 0 Å². The highest BCUT2D eigenvalue weighted by Gasteiger charge is 2.10. The second kappa shape index (κ2) is 10.9. The average molecular weight is 438 g/mol. The number of benzene rings is 2. The SMILES string of the molecule is Brc1c(OCCN2CCCCCC2)ccc2ccccc12.O=C(O)C(=O)O. The lowest BCUT2D eigenvalue weighted by Gasteiger charge is -2.20. The number of likely N-dealkylation sites (tertiary alicyclic amines) is 1. The van der Waals surface area contributed by atoms with Crippen LogP contribution in [-0.2, 0) is 9.59 Å². The fraction of sp³-hybridized carbons (Fsp3) is 0.400. The predicted molar refractivity (Wildman–Crippen MR) is 107 cm³/mol. The van der Waals surface area contributed by atoms with Gasteiger partial charge in [-0.25, -0.2) is 9.59 Å². The fourth-order valence-corrected chi connectivity index (χ4v) is 3.58. The van der Waals surface area contributed by atoms with Gasteiger partial charge in [-0.05, 0) is 58.7 Å². The lowest BCUT2D eigenvalue weighted by Crippen LogP contribution is -2.29. The molecule has 2 aromatic carbocycles. The number of halogens is 1. The van der Waals surface area contributed by atoms with Crippen LogP contribution in [0.4, 0.5) is 0 Å². The van der Waals surface area contributed by atoms with Crippen molar-refractivity contribution in [1.82, 2.24) is 4.90 Å². The van der Waals surface area contributed by atoms with Gasteiger partial charge in [-0.1, -0.05) is 43.2 Å². The van der Waals surface area contributed by atoms with Gasteiger partial charge in [-0.3, -0.25) is 4.90 Å². The lowest BCUT2D eigenvalue weighted by atomic mass is 10.1. The molecule has 0 aromatic heterocycles. The first kappa shape index (κ1) is 21.2. The molecule has 7 heteroatoms. The largest absolute Gasteiger partial charge is 0.491 e. The number of rotatable bonds is 4. The Morgan fingerprint density at radius 2 is 1.59 bits per heavy atom. The number of hydrogen-bond acceptors (Lipinski definition) is 4. The number of carboxylic acid groups (broad SMARTS) is 2. The molecule has 2 N–H and O–H groups in total. The van der Waals surface area contributed by atoms with Crippen LogP contribution in [-0.4, -0.2) is 53.3 Å². The van der Waals surface area contributed by atoms with Crippen LogP contribution >= 0.6 is 15.9 Å². The second-order valence-corrected chi connectivity index (χ2v) is 7.11. The van der Waals surface area contributed by atoms with E-state index in [9.17, 15) is 0 Å². The molecule has 1 heterocycles. The van der Waals surface area contributed by atoms with Crippen molar-refractivity contribution in [1.29, 1.82) is 0 Å². The van der Waals surface area contributed by atoms with Gasteiger partial charge in [0.15, 0.2) is 0 Å². The van der Waals surface area contributed by atoms with Gasteiger partial charge < -0.3 is 14.9 Å². The summed E-state index contributed by atoms with van der Waals surface area (Å²) in [6.45, 7) is 4.24. The number of fused-ring (bicyclic) bond motifs is 1. The van der Waals surface area contributed by atoms with Crippen molar-refractivity contribution in [2.45, 2.75) is 25.7 Å². The molecule has 3 rings (SSSR count). The lowest BCUT2D eigenvalue weighted by molar-refractivity contribution is -0.159. The summed E-state index contributed by atoms with van der Waals surface area (Å²) in [4.78, 5) is 20.7. The molecular formula is C20H24BrNO5. The minimum absolute atomic E-state index is 0.761. The van der Waals surface area contributed by atoms with Crippen molar-refractivity contribution in [3.8, 4) is 5.75 Å². The molecule has 0 radical (unpaired) electrons. The van der Waals surface area contributed by atoms with Crippen LogP contribution in [0, 0.1) is 0 Å². The number of carboxylic acids is 2. The molecule has 0 amide bonds. The first-order chi connectivity index (χ1) is 13.0. The van der Waals surface area contributed by atoms with Crippen LogP contribution in [0.5, 0.6) is 5.75 Å². The van der Waals surface area contributed by atoms with E-state index in [0.717, 1.165) is 23.4 Å². The molecule has 27 heavy (non-hydrogen) atoms. The molecule has 0 bridgehead atoms. The van der Waals surface area contributed by atoms with Crippen LogP contribution in [0.1, 0.15) is 25.7 Å². The zero-order valence-electron chi connectivity index (χ0n) is 15.1. The smallest absolute Gasteiger partial charge is 0.414 e. The van der Waals surface area contributed by atoms with Gasteiger partial charge in [0.25, 0.3) is 0 Å². The first-order valence-corrected chi connectivity index (χ1v) is 9.77. The monoisotopic (exact) mass is 437 g/mol. The molecule has 1 aliphatic rings. The Hall–Kier alpha value is -2.12. The van der Waals surface area contributed by atoms with Crippen LogP contribution in [0.25, 0.3) is 10.8 Å². The first-order valence-electron chi connectivity index (χ1n) is 8.97. The van der Waals surface area contributed by atoms with Crippen LogP contribution < -0.4 is 4.74 Å². The maximum Gasteiger partial charge on any atom is 0.414 e. The van der Waals surface area contributed by atoms with Gasteiger partial charge in [-0.2, -0.15) is 0 Å². The van der Waals surface area contributed by atoms with Crippen LogP contribution in [0.3, 0.4) is 0 Å². The third-order valence-electron chi connectivity index (χ3n) is 4.37. The molecule has 1 fully saturated rings. The van der Waals surface area contributed by atoms with Crippen molar-refractivity contribution in [2.75, 3.05) is 26.2 Å². The molecule has 146 valence electrons. The number of nitrogens with zero attached hydrogens (tertiary/aromatic N) is 1. The predicted octanol–water partition coefficient (Wildman–Crippen LogP) is 4.01. The summed E-state index contributed by atoms with van der Waals surface area (Å²) in [7, 11) is 0. The summed E-state index contributed by atoms with van der Waals surface area (Å²) in [5.41, 5.74) is 0. The molecule has 1 saturated heterocycles. The Labute approximate surface area is 166 Å². The van der Waals surface area contributed by atoms with E-state index in [1.807, 2.05) is 0 Å². The Kier molecular flexibility index (Phi) is 8.54. The molecular weight excluding hydrogens is 414 g/mol. The van der Waals surface area contributed by atoms with Gasteiger partial charge in [0, 0.05) is 6.54 Å². The summed E-state index contributed by atoms with van der Waals surface area (Å²) in [5, 5.41) is 17.2. The zero-order valence-corrected chi connectivity index (χ0v) is 16.7. The summed E-state index contributed by atoms with van der Waals surface area (Å²) >= 11 is 3.68. The van der Waals surface area contributed by atoms with Crippen molar-refractivity contribution in [3.63, 3.8) is 0 Å². The number of ether oxygens (including phenoxy) is 1. The quantitative estimate of drug-likeness (QED) is 0.702. The number of aliphatic carboxylic acids is 2. The van der Waals surface area contributed by atoms with E-state index in [2.05, 4.69) is 57.2 Å². The summed E-state index contributed by atoms with van der Waals surface area (Å²) < 4.78 is 7.07. The van der Waals surface area contributed by atoms with E-state index in [1.54, 1.807) is 0 Å². The van der Waals surface area contributed by atoms with Gasteiger partial charge in [0.1, 0.15) is 12.4 Å². The van der Waals surface area contributed by atoms with Crippen LogP contribution in [0.15, 0.2) is 40.9 Å². The highest BCUT2D eigenvalue weighted by Crippen LogP contribution is 2.32. The minimum Gasteiger partial charge on any atom is -0.491 e. The molecule has 1 aliphatic heterocycles. The van der Waals surface area contributed by atoms with E-state index in [4.69, 9.17) is 24.5 Å². The van der Waals surface area contributed by atoms with Gasteiger partial charge in [0.05, 0.1) is 4.47 Å². The van der Waals surface area contributed by atoms with E-state index in [0.29, 0.717) is 0 Å². The number of hydrogen-bond donors (Lipinski definition) is 2. The molecule has 0 unspecified atom stereocenters. The molecule has 6 nitrogen and oxygen atoms in total. The topological polar surface area (TPSA) is 87.1 Å². The van der Waals surface area contributed by atoms with Gasteiger partial charge in [0.2, 0.25) is 0 Å². The zero-order chi connectivity index (χ0) is 19.6. The number of carbonyl (C=O) groups is 2. The maximum atomic E-state index is 9.10. The fourth-order valence-electron chi connectivity index (χ4n) is 2.97. The summed E-state index contributed by atoms with van der Waals surface area (Å²) in [6, 6.07) is 12.6. The van der Waals surface area contributed by atoms with E-state index < -0.39 is 11.9 Å². The molecule has 0 atom stereocenters.